The standard InChI is InChI=1S/C14H26N4/c1-5-6-7-8-9-18-13(10-15)17(12-16-18)11-14(2,3)4/h12-13H,5-9,11H2,1-4H3. The number of unbranched alkanes of at least 4 members (excludes halogenated alkanes) is 3. The molecule has 0 aliphatic carbocycles. The van der Waals surface area contributed by atoms with Gasteiger partial charge in [-0.05, 0) is 11.8 Å². The van der Waals surface area contributed by atoms with E-state index in [1.807, 2.05) is 16.2 Å². The maximum absolute atomic E-state index is 9.29. The first-order valence-corrected chi connectivity index (χ1v) is 6.94. The number of hydrogen-bond acceptors (Lipinski definition) is 4. The van der Waals surface area contributed by atoms with Crippen LogP contribution in [-0.2, 0) is 0 Å². The van der Waals surface area contributed by atoms with Gasteiger partial charge in [0.2, 0.25) is 6.17 Å². The molecule has 0 aromatic carbocycles. The van der Waals surface area contributed by atoms with E-state index in [1.165, 1.54) is 19.3 Å². The summed E-state index contributed by atoms with van der Waals surface area (Å²) >= 11 is 0. The first-order chi connectivity index (χ1) is 8.48. The summed E-state index contributed by atoms with van der Waals surface area (Å²) in [7, 11) is 0. The molecule has 1 rings (SSSR count). The monoisotopic (exact) mass is 250 g/mol. The Kier molecular flexibility index (Phi) is 5.46. The Morgan fingerprint density at radius 2 is 2.00 bits per heavy atom. The lowest BCUT2D eigenvalue weighted by molar-refractivity contribution is 0.146. The predicted octanol–water partition coefficient (Wildman–Crippen LogP) is 3.02. The van der Waals surface area contributed by atoms with E-state index in [1.54, 1.807) is 0 Å². The molecule has 0 N–H and O–H groups in total. The van der Waals surface area contributed by atoms with Gasteiger partial charge in [0.05, 0.1) is 0 Å². The van der Waals surface area contributed by atoms with Crippen molar-refractivity contribution in [1.82, 2.24) is 9.91 Å². The van der Waals surface area contributed by atoms with Crippen LogP contribution in [0.5, 0.6) is 0 Å². The van der Waals surface area contributed by atoms with Crippen molar-refractivity contribution in [1.29, 1.82) is 5.26 Å². The van der Waals surface area contributed by atoms with Crippen molar-refractivity contribution in [2.75, 3.05) is 13.1 Å². The molecule has 0 spiro atoms. The highest BCUT2D eigenvalue weighted by molar-refractivity contribution is 5.58. The smallest absolute Gasteiger partial charge is 0.207 e. The largest absolute Gasteiger partial charge is 0.327 e. The van der Waals surface area contributed by atoms with E-state index in [0.717, 1.165) is 19.5 Å². The average molecular weight is 250 g/mol. The van der Waals surface area contributed by atoms with Gasteiger partial charge in [-0.1, -0.05) is 47.0 Å². The molecular formula is C14H26N4. The quantitative estimate of drug-likeness (QED) is 0.680. The second-order valence-corrected chi connectivity index (χ2v) is 6.19. The lowest BCUT2D eigenvalue weighted by Gasteiger charge is -2.30. The van der Waals surface area contributed by atoms with Crippen LogP contribution >= 0.6 is 0 Å². The third-order valence-electron chi connectivity index (χ3n) is 2.96. The van der Waals surface area contributed by atoms with Gasteiger partial charge in [0.15, 0.2) is 0 Å². The Hall–Kier alpha value is -1.24. The van der Waals surface area contributed by atoms with E-state index in [0.29, 0.717) is 0 Å². The van der Waals surface area contributed by atoms with Crippen molar-refractivity contribution >= 4 is 6.34 Å². The molecule has 0 aromatic heterocycles. The average Bonchev–Trinajstić information content (AvgIpc) is 2.64. The summed E-state index contributed by atoms with van der Waals surface area (Å²) in [6.45, 7) is 10.5. The molecule has 0 fully saturated rings. The summed E-state index contributed by atoms with van der Waals surface area (Å²) in [5.74, 6) is 0. The van der Waals surface area contributed by atoms with Gasteiger partial charge in [0.1, 0.15) is 12.4 Å². The van der Waals surface area contributed by atoms with Crippen LogP contribution in [0.3, 0.4) is 0 Å². The highest BCUT2D eigenvalue weighted by Crippen LogP contribution is 2.20. The highest BCUT2D eigenvalue weighted by Gasteiger charge is 2.29. The van der Waals surface area contributed by atoms with E-state index in [-0.39, 0.29) is 11.6 Å². The van der Waals surface area contributed by atoms with Gasteiger partial charge in [0, 0.05) is 13.1 Å². The zero-order valence-corrected chi connectivity index (χ0v) is 12.2. The first-order valence-electron chi connectivity index (χ1n) is 6.94. The first kappa shape index (κ1) is 14.8. The van der Waals surface area contributed by atoms with E-state index in [2.05, 4.69) is 38.9 Å². The van der Waals surface area contributed by atoms with Crippen LogP contribution in [0.25, 0.3) is 0 Å². The predicted molar refractivity (Wildman–Crippen MR) is 74.9 cm³/mol. The molecule has 1 aliphatic rings. The molecule has 4 nitrogen and oxygen atoms in total. The topological polar surface area (TPSA) is 42.6 Å². The zero-order valence-electron chi connectivity index (χ0n) is 12.2. The van der Waals surface area contributed by atoms with Crippen molar-refractivity contribution in [2.24, 2.45) is 10.5 Å². The lowest BCUT2D eigenvalue weighted by atomic mass is 9.96. The summed E-state index contributed by atoms with van der Waals surface area (Å²) in [4.78, 5) is 2.04. The Labute approximate surface area is 111 Å². The number of nitrogens with zero attached hydrogens (tertiary/aromatic N) is 4. The molecule has 4 heteroatoms. The highest BCUT2D eigenvalue weighted by atomic mass is 15.6. The van der Waals surface area contributed by atoms with Gasteiger partial charge in [-0.2, -0.15) is 10.4 Å². The summed E-state index contributed by atoms with van der Waals surface area (Å²) < 4.78 is 0. The molecule has 0 saturated heterocycles. The van der Waals surface area contributed by atoms with Crippen molar-refractivity contribution in [3.05, 3.63) is 0 Å². The van der Waals surface area contributed by atoms with E-state index in [4.69, 9.17) is 0 Å². The molecule has 0 bridgehead atoms. The summed E-state index contributed by atoms with van der Waals surface area (Å²) in [5, 5.41) is 15.6. The van der Waals surface area contributed by atoms with Crippen LogP contribution in [0.2, 0.25) is 0 Å². The maximum Gasteiger partial charge on any atom is 0.207 e. The molecular weight excluding hydrogens is 224 g/mol. The van der Waals surface area contributed by atoms with Crippen LogP contribution in [0.1, 0.15) is 53.4 Å². The Bertz CT molecular complexity index is 311. The Balaban J connectivity index is 2.44. The fourth-order valence-corrected chi connectivity index (χ4v) is 2.13. The SMILES string of the molecule is CCCCCCN1N=CN(CC(C)(C)C)C1C#N. The second-order valence-electron chi connectivity index (χ2n) is 6.19. The molecule has 1 atom stereocenters. The molecule has 102 valence electrons. The van der Waals surface area contributed by atoms with Crippen molar-refractivity contribution < 1.29 is 0 Å². The van der Waals surface area contributed by atoms with Gasteiger partial charge in [-0.3, -0.25) is 5.01 Å². The fraction of sp³-hybridized carbons (Fsp3) is 0.857. The second kappa shape index (κ2) is 6.63. The minimum Gasteiger partial charge on any atom is -0.327 e. The number of hydrogen-bond donors (Lipinski definition) is 0. The van der Waals surface area contributed by atoms with Crippen LogP contribution < -0.4 is 0 Å². The minimum absolute atomic E-state index is 0.180. The number of rotatable bonds is 6. The van der Waals surface area contributed by atoms with Crippen LogP contribution in [0, 0.1) is 16.7 Å². The molecule has 0 radical (unpaired) electrons. The normalized spacial score (nSPS) is 19.4. The van der Waals surface area contributed by atoms with Gasteiger partial charge < -0.3 is 4.90 Å². The Morgan fingerprint density at radius 1 is 1.28 bits per heavy atom. The third-order valence-corrected chi connectivity index (χ3v) is 2.96. The van der Waals surface area contributed by atoms with Crippen LogP contribution in [-0.4, -0.2) is 35.5 Å². The number of hydrazone groups is 1. The molecule has 1 unspecified atom stereocenters. The molecule has 0 amide bonds. The lowest BCUT2D eigenvalue weighted by Crippen LogP contribution is -2.42. The molecule has 0 aromatic rings. The van der Waals surface area contributed by atoms with E-state index >= 15 is 0 Å². The van der Waals surface area contributed by atoms with Crippen LogP contribution in [0.4, 0.5) is 0 Å². The zero-order chi connectivity index (χ0) is 13.6. The maximum atomic E-state index is 9.29. The number of nitriles is 1. The van der Waals surface area contributed by atoms with Crippen molar-refractivity contribution in [3.8, 4) is 6.07 Å². The molecule has 0 saturated carbocycles. The van der Waals surface area contributed by atoms with Gasteiger partial charge in [-0.25, -0.2) is 0 Å². The van der Waals surface area contributed by atoms with Crippen molar-refractivity contribution in [3.63, 3.8) is 0 Å². The minimum atomic E-state index is -0.217. The Morgan fingerprint density at radius 3 is 2.56 bits per heavy atom. The fourth-order valence-electron chi connectivity index (χ4n) is 2.13. The molecule has 1 heterocycles. The summed E-state index contributed by atoms with van der Waals surface area (Å²) in [6.07, 6.45) is 6.44. The van der Waals surface area contributed by atoms with Gasteiger partial charge >= 0.3 is 0 Å². The summed E-state index contributed by atoms with van der Waals surface area (Å²) in [6, 6.07) is 2.35. The van der Waals surface area contributed by atoms with E-state index < -0.39 is 0 Å². The molecule has 1 aliphatic heterocycles. The molecule has 18 heavy (non-hydrogen) atoms. The van der Waals surface area contributed by atoms with E-state index in [9.17, 15) is 5.26 Å². The van der Waals surface area contributed by atoms with Crippen molar-refractivity contribution in [2.45, 2.75) is 59.5 Å². The van der Waals surface area contributed by atoms with Crippen LogP contribution in [0.15, 0.2) is 5.10 Å². The summed E-state index contributed by atoms with van der Waals surface area (Å²) in [5.41, 5.74) is 0.180. The van der Waals surface area contributed by atoms with Gasteiger partial charge in [0.25, 0.3) is 0 Å². The van der Waals surface area contributed by atoms with Gasteiger partial charge in [-0.15, -0.1) is 0 Å². The third kappa shape index (κ3) is 4.56.